The number of rotatable bonds is 7. The molecule has 1 saturated heterocycles. The van der Waals surface area contributed by atoms with Crippen molar-refractivity contribution in [1.29, 1.82) is 0 Å². The molecule has 0 spiro atoms. The number of carbonyl (C=O) groups excluding carboxylic acids is 1. The molecule has 180 valence electrons. The molecule has 7 nitrogen and oxygen atoms in total. The van der Waals surface area contributed by atoms with Crippen molar-refractivity contribution in [2.24, 2.45) is 10.1 Å². The van der Waals surface area contributed by atoms with Gasteiger partial charge in [0.05, 0.1) is 29.9 Å². The van der Waals surface area contributed by atoms with Crippen LogP contribution >= 0.6 is 0 Å². The highest BCUT2D eigenvalue weighted by molar-refractivity contribution is 6.09. The van der Waals surface area contributed by atoms with Gasteiger partial charge in [-0.15, -0.1) is 0 Å². The molecule has 1 fully saturated rings. The molecule has 3 rings (SSSR count). The lowest BCUT2D eigenvalue weighted by Crippen LogP contribution is -2.41. The van der Waals surface area contributed by atoms with Crippen molar-refractivity contribution < 1.29 is 4.79 Å². The molecule has 1 atom stereocenters. The molecular formula is C27H36N6O. The Labute approximate surface area is 203 Å². The van der Waals surface area contributed by atoms with E-state index in [9.17, 15) is 4.79 Å². The summed E-state index contributed by atoms with van der Waals surface area (Å²) in [6.07, 6.45) is 13.2. The van der Waals surface area contributed by atoms with Gasteiger partial charge in [-0.1, -0.05) is 31.2 Å². The van der Waals surface area contributed by atoms with E-state index in [0.29, 0.717) is 18.0 Å². The Kier molecular flexibility index (Phi) is 8.96. The summed E-state index contributed by atoms with van der Waals surface area (Å²) in [6, 6.07) is 5.79. The zero-order valence-electron chi connectivity index (χ0n) is 20.8. The quantitative estimate of drug-likeness (QED) is 0.436. The van der Waals surface area contributed by atoms with Gasteiger partial charge in [-0.2, -0.15) is 5.10 Å². The third kappa shape index (κ3) is 6.76. The number of allylic oxidation sites excluding steroid dienone is 5. The number of aromatic nitrogens is 1. The van der Waals surface area contributed by atoms with E-state index < -0.39 is 0 Å². The number of hydrazone groups is 1. The number of aliphatic imine (C=N–C) groups is 1. The highest BCUT2D eigenvalue weighted by Crippen LogP contribution is 2.17. The molecule has 0 aromatic carbocycles. The Hall–Kier alpha value is -3.48. The second kappa shape index (κ2) is 12.1. The summed E-state index contributed by atoms with van der Waals surface area (Å²) in [5.41, 5.74) is 4.41. The highest BCUT2D eigenvalue weighted by Gasteiger charge is 2.26. The number of carbonyl (C=O) groups is 1. The Bertz CT molecular complexity index is 1020. The van der Waals surface area contributed by atoms with Crippen LogP contribution in [0.4, 0.5) is 0 Å². The summed E-state index contributed by atoms with van der Waals surface area (Å²) in [5.74, 6) is 0.0516. The average molecular weight is 461 g/mol. The summed E-state index contributed by atoms with van der Waals surface area (Å²) < 4.78 is 0. The molecule has 1 aromatic heterocycles. The first-order valence-electron chi connectivity index (χ1n) is 11.9. The molecular weight excluding hydrogens is 424 g/mol. The molecule has 3 heterocycles. The van der Waals surface area contributed by atoms with E-state index in [2.05, 4.69) is 42.2 Å². The van der Waals surface area contributed by atoms with Crippen molar-refractivity contribution in [3.63, 3.8) is 0 Å². The molecule has 0 saturated carbocycles. The maximum absolute atomic E-state index is 13.5. The van der Waals surface area contributed by atoms with Crippen LogP contribution in [0.5, 0.6) is 0 Å². The molecule has 1 aromatic rings. The minimum Gasteiger partial charge on any atom is -0.361 e. The number of hydrogen-bond acceptors (Lipinski definition) is 5. The van der Waals surface area contributed by atoms with E-state index in [-0.39, 0.29) is 18.4 Å². The van der Waals surface area contributed by atoms with Crippen LogP contribution in [-0.4, -0.2) is 63.4 Å². The molecule has 0 aliphatic carbocycles. The van der Waals surface area contributed by atoms with Crippen molar-refractivity contribution in [1.82, 2.24) is 19.8 Å². The van der Waals surface area contributed by atoms with Gasteiger partial charge in [0.2, 0.25) is 5.91 Å². The first-order valence-corrected chi connectivity index (χ1v) is 11.9. The van der Waals surface area contributed by atoms with Crippen LogP contribution in [0.15, 0.2) is 82.5 Å². The summed E-state index contributed by atoms with van der Waals surface area (Å²) in [6.45, 7) is 14.7. The van der Waals surface area contributed by atoms with Crippen molar-refractivity contribution in [2.45, 2.75) is 53.0 Å². The van der Waals surface area contributed by atoms with Crippen LogP contribution in [0, 0.1) is 0 Å². The lowest BCUT2D eigenvalue weighted by Gasteiger charge is -2.27. The molecule has 1 amide bonds. The Morgan fingerprint density at radius 2 is 2.06 bits per heavy atom. The SMILES string of the molecule is C=C1C=CC=CN1/N=C(\CC(=O)N1CCN(C=N/C(C)=C(/C)CC)CCC1C)c1ccccn1. The zero-order valence-corrected chi connectivity index (χ0v) is 20.8. The van der Waals surface area contributed by atoms with Crippen LogP contribution in [0.1, 0.15) is 52.7 Å². The minimum atomic E-state index is 0.0516. The highest BCUT2D eigenvalue weighted by atomic mass is 16.2. The number of nitrogens with zero attached hydrogens (tertiary/aromatic N) is 6. The third-order valence-electron chi connectivity index (χ3n) is 6.31. The monoisotopic (exact) mass is 460 g/mol. The largest absolute Gasteiger partial charge is 0.361 e. The predicted octanol–water partition coefficient (Wildman–Crippen LogP) is 4.73. The lowest BCUT2D eigenvalue weighted by atomic mass is 10.1. The standard InChI is InChI=1S/C27H36N6O/c1-6-21(2)24(5)29-20-31-16-13-22(3)32(18-17-31)27(34)19-26(25-12-7-9-14-28-25)30-33-15-10-8-11-23(33)4/h7-12,14-15,20,22H,4,6,13,16-19H2,1-3,5H3/b24-21-,29-20?,30-26+. The van der Waals surface area contributed by atoms with Crippen molar-refractivity contribution >= 4 is 18.0 Å². The van der Waals surface area contributed by atoms with Gasteiger partial charge < -0.3 is 9.80 Å². The molecule has 1 unspecified atom stereocenters. The summed E-state index contributed by atoms with van der Waals surface area (Å²) in [4.78, 5) is 26.7. The Balaban J connectivity index is 1.73. The van der Waals surface area contributed by atoms with Gasteiger partial charge in [-0.05, 0) is 57.9 Å². The molecule has 0 radical (unpaired) electrons. The maximum Gasteiger partial charge on any atom is 0.229 e. The molecule has 0 N–H and O–H groups in total. The minimum absolute atomic E-state index is 0.0516. The molecule has 0 bridgehead atoms. The third-order valence-corrected chi connectivity index (χ3v) is 6.31. The van der Waals surface area contributed by atoms with Crippen LogP contribution in [-0.2, 0) is 4.79 Å². The fraction of sp³-hybridized carbons (Fsp3) is 0.407. The van der Waals surface area contributed by atoms with Crippen LogP contribution in [0.2, 0.25) is 0 Å². The lowest BCUT2D eigenvalue weighted by molar-refractivity contribution is -0.131. The summed E-state index contributed by atoms with van der Waals surface area (Å²) >= 11 is 0. The van der Waals surface area contributed by atoms with E-state index >= 15 is 0 Å². The van der Waals surface area contributed by atoms with Gasteiger partial charge >= 0.3 is 0 Å². The Morgan fingerprint density at radius 1 is 1.24 bits per heavy atom. The number of amides is 1. The molecule has 7 heteroatoms. The van der Waals surface area contributed by atoms with Gasteiger partial charge in [0.1, 0.15) is 0 Å². The predicted molar refractivity (Wildman–Crippen MR) is 139 cm³/mol. The van der Waals surface area contributed by atoms with Crippen LogP contribution < -0.4 is 0 Å². The van der Waals surface area contributed by atoms with E-state index in [1.165, 1.54) is 5.57 Å². The van der Waals surface area contributed by atoms with Gasteiger partial charge in [0, 0.05) is 43.8 Å². The average Bonchev–Trinajstić information content (AvgIpc) is 3.04. The van der Waals surface area contributed by atoms with E-state index in [1.54, 1.807) is 11.2 Å². The molecule has 34 heavy (non-hydrogen) atoms. The topological polar surface area (TPSA) is 64.4 Å². The fourth-order valence-corrected chi connectivity index (χ4v) is 3.75. The Morgan fingerprint density at radius 3 is 2.76 bits per heavy atom. The zero-order chi connectivity index (χ0) is 24.5. The number of pyridine rings is 1. The van der Waals surface area contributed by atoms with Gasteiger partial charge in [-0.3, -0.25) is 9.78 Å². The number of hydrogen-bond donors (Lipinski definition) is 0. The van der Waals surface area contributed by atoms with Crippen molar-refractivity contribution in [2.75, 3.05) is 19.6 Å². The maximum atomic E-state index is 13.5. The van der Waals surface area contributed by atoms with Crippen molar-refractivity contribution in [3.05, 3.63) is 78.1 Å². The first kappa shape index (κ1) is 25.1. The fourth-order valence-electron chi connectivity index (χ4n) is 3.75. The van der Waals surface area contributed by atoms with Crippen LogP contribution in [0.25, 0.3) is 0 Å². The van der Waals surface area contributed by atoms with Crippen LogP contribution in [0.3, 0.4) is 0 Å². The van der Waals surface area contributed by atoms with Crippen molar-refractivity contribution in [3.8, 4) is 0 Å². The second-order valence-corrected chi connectivity index (χ2v) is 8.70. The van der Waals surface area contributed by atoms with Gasteiger partial charge in [0.15, 0.2) is 0 Å². The second-order valence-electron chi connectivity index (χ2n) is 8.70. The summed E-state index contributed by atoms with van der Waals surface area (Å²) in [5, 5.41) is 6.41. The van der Waals surface area contributed by atoms with Gasteiger partial charge in [0.25, 0.3) is 0 Å². The molecule has 2 aliphatic heterocycles. The van der Waals surface area contributed by atoms with E-state index in [1.807, 2.05) is 60.8 Å². The van der Waals surface area contributed by atoms with E-state index in [4.69, 9.17) is 5.10 Å². The van der Waals surface area contributed by atoms with Gasteiger partial charge in [-0.25, -0.2) is 10.0 Å². The molecule has 2 aliphatic rings. The van der Waals surface area contributed by atoms with E-state index in [0.717, 1.165) is 37.3 Å². The first-order chi connectivity index (χ1) is 16.4. The smallest absolute Gasteiger partial charge is 0.229 e. The normalized spacial score (nSPS) is 20.1. The summed E-state index contributed by atoms with van der Waals surface area (Å²) in [7, 11) is 0.